The van der Waals surface area contributed by atoms with E-state index in [1.165, 1.54) is 18.7 Å². The number of rotatable bonds is 5. The Labute approximate surface area is 118 Å². The fourth-order valence-electron chi connectivity index (χ4n) is 2.39. The van der Waals surface area contributed by atoms with Crippen molar-refractivity contribution in [3.8, 4) is 0 Å². The number of aliphatic carboxylic acids is 1. The minimum atomic E-state index is -1.25. The number of likely N-dealkylation sites (tertiary alicyclic amines) is 1. The van der Waals surface area contributed by atoms with Crippen LogP contribution in [0.1, 0.15) is 40.0 Å². The average Bonchev–Trinajstić information content (AvgIpc) is 2.76. The number of nitrogens with one attached hydrogen (secondary N) is 2. The molecule has 0 saturated carbocycles. The van der Waals surface area contributed by atoms with Gasteiger partial charge in [-0.1, -0.05) is 13.3 Å². The molecular formula is C13H23N3O4. The van der Waals surface area contributed by atoms with E-state index in [1.807, 2.05) is 6.92 Å². The summed E-state index contributed by atoms with van der Waals surface area (Å²) < 4.78 is 0. The van der Waals surface area contributed by atoms with E-state index >= 15 is 0 Å². The Hall–Kier alpha value is -1.79. The van der Waals surface area contributed by atoms with Crippen LogP contribution in [-0.4, -0.2) is 52.6 Å². The molecule has 7 heteroatoms. The lowest BCUT2D eigenvalue weighted by Gasteiger charge is -2.28. The topological polar surface area (TPSA) is 98.7 Å². The minimum Gasteiger partial charge on any atom is -0.480 e. The lowest BCUT2D eigenvalue weighted by molar-refractivity contribution is -0.144. The van der Waals surface area contributed by atoms with Crippen molar-refractivity contribution in [3.05, 3.63) is 0 Å². The van der Waals surface area contributed by atoms with E-state index in [4.69, 9.17) is 0 Å². The monoisotopic (exact) mass is 285 g/mol. The molecule has 1 heterocycles. The highest BCUT2D eigenvalue weighted by Crippen LogP contribution is 2.15. The van der Waals surface area contributed by atoms with Gasteiger partial charge in [-0.3, -0.25) is 4.79 Å². The van der Waals surface area contributed by atoms with Gasteiger partial charge in [0, 0.05) is 26.1 Å². The Balaban J connectivity index is 2.58. The van der Waals surface area contributed by atoms with Gasteiger partial charge in [-0.05, 0) is 19.8 Å². The maximum atomic E-state index is 12.1. The Kier molecular flexibility index (Phi) is 5.35. The summed E-state index contributed by atoms with van der Waals surface area (Å²) in [7, 11) is 0. The number of amides is 3. The maximum absolute atomic E-state index is 12.1. The second-order valence-corrected chi connectivity index (χ2v) is 5.45. The van der Waals surface area contributed by atoms with Crippen molar-refractivity contribution in [3.63, 3.8) is 0 Å². The van der Waals surface area contributed by atoms with Crippen LogP contribution in [-0.2, 0) is 9.59 Å². The molecule has 0 aromatic carbocycles. The van der Waals surface area contributed by atoms with Crippen LogP contribution in [0.2, 0.25) is 0 Å². The van der Waals surface area contributed by atoms with Crippen LogP contribution < -0.4 is 10.6 Å². The number of carboxylic acids is 1. The first-order chi connectivity index (χ1) is 9.28. The molecule has 1 saturated heterocycles. The first kappa shape index (κ1) is 16.3. The van der Waals surface area contributed by atoms with Gasteiger partial charge in [0.15, 0.2) is 0 Å². The second kappa shape index (κ2) is 6.58. The quantitative estimate of drug-likeness (QED) is 0.687. The van der Waals surface area contributed by atoms with Crippen molar-refractivity contribution < 1.29 is 19.5 Å². The highest BCUT2D eigenvalue weighted by Gasteiger charge is 2.36. The summed E-state index contributed by atoms with van der Waals surface area (Å²) in [6, 6.07) is -0.447. The third kappa shape index (κ3) is 4.11. The average molecular weight is 285 g/mol. The molecule has 2 unspecified atom stereocenters. The molecule has 1 aliphatic rings. The van der Waals surface area contributed by atoms with Crippen LogP contribution in [0.15, 0.2) is 0 Å². The Morgan fingerprint density at radius 2 is 2.05 bits per heavy atom. The zero-order valence-electron chi connectivity index (χ0n) is 12.2. The molecule has 2 atom stereocenters. The normalized spacial score (nSPS) is 21.1. The van der Waals surface area contributed by atoms with Crippen LogP contribution in [0.25, 0.3) is 0 Å². The summed E-state index contributed by atoms with van der Waals surface area (Å²) in [5.74, 6) is -1.16. The van der Waals surface area contributed by atoms with Gasteiger partial charge in [0.05, 0.1) is 0 Å². The number of urea groups is 1. The predicted octanol–water partition coefficient (Wildman–Crippen LogP) is 0.550. The zero-order valence-corrected chi connectivity index (χ0v) is 12.2. The first-order valence-corrected chi connectivity index (χ1v) is 6.86. The molecule has 0 aliphatic carbocycles. The van der Waals surface area contributed by atoms with Gasteiger partial charge >= 0.3 is 12.0 Å². The van der Waals surface area contributed by atoms with Gasteiger partial charge in [0.25, 0.3) is 0 Å². The first-order valence-electron chi connectivity index (χ1n) is 6.86. The van der Waals surface area contributed by atoms with Crippen LogP contribution in [0.3, 0.4) is 0 Å². The molecular weight excluding hydrogens is 262 g/mol. The zero-order chi connectivity index (χ0) is 15.3. The van der Waals surface area contributed by atoms with Gasteiger partial charge in [0.1, 0.15) is 5.54 Å². The summed E-state index contributed by atoms with van der Waals surface area (Å²) in [5.41, 5.74) is -1.25. The number of carboxylic acid groups (broad SMARTS) is 1. The fourth-order valence-corrected chi connectivity index (χ4v) is 2.39. The van der Waals surface area contributed by atoms with Gasteiger partial charge in [0.2, 0.25) is 5.91 Å². The van der Waals surface area contributed by atoms with Gasteiger partial charge in [-0.2, -0.15) is 0 Å². The molecule has 3 N–H and O–H groups in total. The fraction of sp³-hybridized carbons (Fsp3) is 0.769. The van der Waals surface area contributed by atoms with Crippen molar-refractivity contribution in [1.82, 2.24) is 15.5 Å². The number of hydrogen-bond acceptors (Lipinski definition) is 3. The van der Waals surface area contributed by atoms with E-state index < -0.39 is 17.5 Å². The number of nitrogens with zero attached hydrogens (tertiary/aromatic N) is 1. The van der Waals surface area contributed by atoms with Crippen LogP contribution in [0, 0.1) is 0 Å². The molecule has 0 spiro atoms. The van der Waals surface area contributed by atoms with E-state index in [2.05, 4.69) is 10.6 Å². The van der Waals surface area contributed by atoms with E-state index in [9.17, 15) is 19.5 Å². The third-order valence-electron chi connectivity index (χ3n) is 3.49. The Bertz CT molecular complexity index is 399. The molecule has 1 rings (SSSR count). The predicted molar refractivity (Wildman–Crippen MR) is 73.3 cm³/mol. The summed E-state index contributed by atoms with van der Waals surface area (Å²) >= 11 is 0. The lowest BCUT2D eigenvalue weighted by atomic mass is 9.96. The highest BCUT2D eigenvalue weighted by molar-refractivity contribution is 5.86. The molecule has 0 bridgehead atoms. The van der Waals surface area contributed by atoms with Crippen molar-refractivity contribution in [2.75, 3.05) is 13.1 Å². The van der Waals surface area contributed by atoms with Crippen molar-refractivity contribution >= 4 is 17.9 Å². The maximum Gasteiger partial charge on any atom is 0.329 e. The van der Waals surface area contributed by atoms with E-state index in [-0.39, 0.29) is 11.9 Å². The Morgan fingerprint density at radius 3 is 2.55 bits per heavy atom. The van der Waals surface area contributed by atoms with Crippen molar-refractivity contribution in [2.24, 2.45) is 0 Å². The van der Waals surface area contributed by atoms with Crippen molar-refractivity contribution in [1.29, 1.82) is 0 Å². The summed E-state index contributed by atoms with van der Waals surface area (Å²) in [5, 5.41) is 14.6. The summed E-state index contributed by atoms with van der Waals surface area (Å²) in [4.78, 5) is 35.9. The van der Waals surface area contributed by atoms with Gasteiger partial charge in [-0.15, -0.1) is 0 Å². The largest absolute Gasteiger partial charge is 0.480 e. The molecule has 0 radical (unpaired) electrons. The van der Waals surface area contributed by atoms with Crippen molar-refractivity contribution in [2.45, 2.75) is 51.6 Å². The minimum absolute atomic E-state index is 0.0551. The molecule has 0 aromatic rings. The standard InChI is InChI=1S/C13H23N3O4/c1-4-6-13(3,11(18)19)15-12(20)16-7-5-10(8-16)14-9(2)17/h10H,4-8H2,1-3H3,(H,14,17)(H,15,20)(H,18,19). The molecule has 20 heavy (non-hydrogen) atoms. The molecule has 3 amide bonds. The SMILES string of the molecule is CCCC(C)(NC(=O)N1CCC(NC(C)=O)C1)C(=O)O. The van der Waals surface area contributed by atoms with Crippen LogP contribution in [0.4, 0.5) is 4.79 Å². The van der Waals surface area contributed by atoms with Gasteiger partial charge < -0.3 is 20.6 Å². The number of carbonyl (C=O) groups excluding carboxylic acids is 2. The van der Waals surface area contributed by atoms with E-state index in [1.54, 1.807) is 0 Å². The lowest BCUT2D eigenvalue weighted by Crippen LogP contribution is -2.56. The summed E-state index contributed by atoms with van der Waals surface area (Å²) in [6.45, 7) is 5.74. The highest BCUT2D eigenvalue weighted by atomic mass is 16.4. The van der Waals surface area contributed by atoms with E-state index in [0.717, 1.165) is 0 Å². The molecule has 0 aromatic heterocycles. The summed E-state index contributed by atoms with van der Waals surface area (Å²) in [6.07, 6.45) is 1.72. The molecule has 1 aliphatic heterocycles. The number of carbonyl (C=O) groups is 3. The smallest absolute Gasteiger partial charge is 0.329 e. The van der Waals surface area contributed by atoms with E-state index in [0.29, 0.717) is 32.4 Å². The van der Waals surface area contributed by atoms with Crippen LogP contribution >= 0.6 is 0 Å². The molecule has 114 valence electrons. The van der Waals surface area contributed by atoms with Gasteiger partial charge in [-0.25, -0.2) is 9.59 Å². The number of hydrogen-bond donors (Lipinski definition) is 3. The second-order valence-electron chi connectivity index (χ2n) is 5.45. The molecule has 1 fully saturated rings. The Morgan fingerprint density at radius 1 is 1.40 bits per heavy atom. The van der Waals surface area contributed by atoms with Crippen LogP contribution in [0.5, 0.6) is 0 Å². The third-order valence-corrected chi connectivity index (χ3v) is 3.49. The molecule has 7 nitrogen and oxygen atoms in total.